The van der Waals surface area contributed by atoms with Gasteiger partial charge in [-0.1, -0.05) is 30.3 Å². The van der Waals surface area contributed by atoms with Gasteiger partial charge >= 0.3 is 6.18 Å². The first-order chi connectivity index (χ1) is 24.3. The van der Waals surface area contributed by atoms with E-state index in [4.69, 9.17) is 18.9 Å². The molecule has 6 rings (SSSR count). The van der Waals surface area contributed by atoms with Crippen LogP contribution >= 0.6 is 0 Å². The minimum atomic E-state index is -5.09. The van der Waals surface area contributed by atoms with Gasteiger partial charge in [-0.05, 0) is 68.6 Å². The van der Waals surface area contributed by atoms with Crippen LogP contribution in [0.15, 0.2) is 66.9 Å². The molecular formula is C37H40F3N3O8. The van der Waals surface area contributed by atoms with Gasteiger partial charge in [0.2, 0.25) is 5.60 Å². The van der Waals surface area contributed by atoms with Crippen LogP contribution in [0.3, 0.4) is 0 Å². The second kappa shape index (κ2) is 14.6. The van der Waals surface area contributed by atoms with E-state index in [9.17, 15) is 33.2 Å². The number of aryl methyl sites for hydroxylation is 1. The second-order valence-electron chi connectivity index (χ2n) is 13.1. The number of hydrogen-bond acceptors (Lipinski definition) is 9. The zero-order valence-electron chi connectivity index (χ0n) is 28.5. The number of benzene rings is 3. The second-order valence-corrected chi connectivity index (χ2v) is 13.1. The highest BCUT2D eigenvalue weighted by Gasteiger charge is 2.57. The molecule has 14 heteroatoms. The van der Waals surface area contributed by atoms with Gasteiger partial charge in [0.15, 0.2) is 18.4 Å². The number of carbonyl (C=O) groups excluding carboxylic acids is 1. The lowest BCUT2D eigenvalue weighted by atomic mass is 9.86. The van der Waals surface area contributed by atoms with E-state index in [-0.39, 0.29) is 73.0 Å². The maximum absolute atomic E-state index is 15.0. The van der Waals surface area contributed by atoms with Gasteiger partial charge in [-0.2, -0.15) is 13.2 Å². The molecule has 2 aliphatic rings. The Labute approximate surface area is 292 Å². The van der Waals surface area contributed by atoms with Crippen molar-refractivity contribution < 1.29 is 46.9 Å². The summed E-state index contributed by atoms with van der Waals surface area (Å²) in [6, 6.07) is 16.1. The predicted octanol–water partition coefficient (Wildman–Crippen LogP) is 6.61. The van der Waals surface area contributed by atoms with Gasteiger partial charge in [-0.3, -0.25) is 19.8 Å². The third-order valence-corrected chi connectivity index (χ3v) is 9.77. The smallest absolute Gasteiger partial charge is 0.422 e. The number of methoxy groups -OCH3 is 2. The molecule has 11 nitrogen and oxygen atoms in total. The van der Waals surface area contributed by atoms with Crippen molar-refractivity contribution in [3.8, 4) is 11.5 Å². The van der Waals surface area contributed by atoms with Crippen LogP contribution in [0, 0.1) is 16.0 Å². The standard InChI is InChI=1S/C37H40F3N3O8/c1-23-50-33(51-23)12-9-25-17-31(48-2)34(32(18-25)49-3)35(44)26-13-15-41(16-14-26)22-36(45,37(38,39)40)29-21-42(20-24-7-5-4-6-8-24)30-19-27(43(46)47)10-11-28(29)30/h4-8,10-11,17-19,21,23,26,33,45H,9,12-16,20,22H2,1-3H3. The molecule has 272 valence electrons. The average molecular weight is 712 g/mol. The minimum absolute atomic E-state index is 0.0614. The number of alkyl halides is 3. The summed E-state index contributed by atoms with van der Waals surface area (Å²) in [6.45, 7) is 1.40. The SMILES string of the molecule is COc1cc(CCC2OC(C)O2)cc(OC)c1C(=O)C1CCN(CC(O)(c2cn(Cc3ccccc3)c3cc([N+](=O)[O-])ccc23)C(F)(F)F)CC1. The molecule has 1 aromatic heterocycles. The number of aliphatic hydroxyl groups is 1. The zero-order valence-corrected chi connectivity index (χ0v) is 28.5. The average Bonchev–Trinajstić information content (AvgIpc) is 3.46. The topological polar surface area (TPSA) is 126 Å². The van der Waals surface area contributed by atoms with Crippen LogP contribution in [-0.4, -0.2) is 77.9 Å². The molecule has 0 radical (unpaired) electrons. The Morgan fingerprint density at radius 2 is 1.65 bits per heavy atom. The van der Waals surface area contributed by atoms with Crippen LogP contribution in [0.2, 0.25) is 0 Å². The van der Waals surface area contributed by atoms with Crippen molar-refractivity contribution >= 4 is 22.4 Å². The molecule has 2 fully saturated rings. The van der Waals surface area contributed by atoms with Gasteiger partial charge in [0.25, 0.3) is 5.69 Å². The molecule has 1 N–H and O–H groups in total. The third kappa shape index (κ3) is 7.45. The summed E-state index contributed by atoms with van der Waals surface area (Å²) in [7, 11) is 2.93. The summed E-state index contributed by atoms with van der Waals surface area (Å²) in [5, 5.41) is 23.3. The van der Waals surface area contributed by atoms with Crippen molar-refractivity contribution in [2.45, 2.75) is 63.5 Å². The van der Waals surface area contributed by atoms with Crippen LogP contribution in [-0.2, 0) is 28.0 Å². The number of halogens is 3. The van der Waals surface area contributed by atoms with Crippen molar-refractivity contribution in [3.63, 3.8) is 0 Å². The number of nitro benzene ring substituents is 1. The van der Waals surface area contributed by atoms with Gasteiger partial charge in [0.1, 0.15) is 17.1 Å². The molecule has 1 atom stereocenters. The number of nitrogens with zero attached hydrogens (tertiary/aromatic N) is 3. The maximum atomic E-state index is 15.0. The Morgan fingerprint density at radius 3 is 2.22 bits per heavy atom. The number of nitro groups is 1. The van der Waals surface area contributed by atoms with Crippen LogP contribution in [0.25, 0.3) is 10.9 Å². The lowest BCUT2D eigenvalue weighted by molar-refractivity contribution is -0.384. The molecule has 3 heterocycles. The fourth-order valence-corrected chi connectivity index (χ4v) is 7.05. The maximum Gasteiger partial charge on any atom is 0.422 e. The van der Waals surface area contributed by atoms with Crippen molar-refractivity contribution in [2.75, 3.05) is 33.9 Å². The number of non-ortho nitro benzene ring substituents is 1. The van der Waals surface area contributed by atoms with Crippen LogP contribution in [0.1, 0.15) is 53.2 Å². The number of ether oxygens (including phenoxy) is 4. The van der Waals surface area contributed by atoms with E-state index in [1.807, 2.05) is 6.92 Å². The first-order valence-corrected chi connectivity index (χ1v) is 16.7. The number of carbonyl (C=O) groups is 1. The zero-order chi connectivity index (χ0) is 36.5. The quantitative estimate of drug-likeness (QED) is 0.0927. The number of piperidine rings is 1. The lowest BCUT2D eigenvalue weighted by Crippen LogP contribution is -2.52. The molecular weight excluding hydrogens is 671 g/mol. The Bertz CT molecular complexity index is 1860. The molecule has 0 aliphatic carbocycles. The van der Waals surface area contributed by atoms with E-state index < -0.39 is 34.7 Å². The summed E-state index contributed by atoms with van der Waals surface area (Å²) < 4.78 is 68.7. The largest absolute Gasteiger partial charge is 0.496 e. The van der Waals surface area contributed by atoms with Crippen molar-refractivity contribution in [2.24, 2.45) is 5.92 Å². The summed E-state index contributed by atoms with van der Waals surface area (Å²) in [5.41, 5.74) is -1.87. The van der Waals surface area contributed by atoms with Gasteiger partial charge in [0, 0.05) is 54.7 Å². The Kier molecular flexibility index (Phi) is 10.4. The van der Waals surface area contributed by atoms with Gasteiger partial charge < -0.3 is 28.6 Å². The molecule has 4 aromatic rings. The summed E-state index contributed by atoms with van der Waals surface area (Å²) in [6.07, 6.45) is -2.68. The molecule has 0 amide bonds. The van der Waals surface area contributed by atoms with Crippen LogP contribution in [0.4, 0.5) is 18.9 Å². The van der Waals surface area contributed by atoms with Crippen LogP contribution < -0.4 is 9.47 Å². The number of likely N-dealkylation sites (tertiary alicyclic amines) is 1. The third-order valence-electron chi connectivity index (χ3n) is 9.77. The molecule has 2 saturated heterocycles. The number of β-amino-alcohol motifs (C(OH)–C–C–N with tert-alkyl or cyclic N) is 1. The minimum Gasteiger partial charge on any atom is -0.496 e. The number of fused-ring (bicyclic) bond motifs is 1. The molecule has 2 aliphatic heterocycles. The first-order valence-electron chi connectivity index (χ1n) is 16.7. The Hall–Kier alpha value is -4.50. The number of Topliss-reactive ketones (excluding diaryl/α,β-unsaturated/α-hetero) is 1. The summed E-state index contributed by atoms with van der Waals surface area (Å²) >= 11 is 0. The van der Waals surface area contributed by atoms with Gasteiger partial charge in [0.05, 0.1) is 24.7 Å². The fourth-order valence-electron chi connectivity index (χ4n) is 7.05. The predicted molar refractivity (Wildman–Crippen MR) is 181 cm³/mol. The van der Waals surface area contributed by atoms with Crippen LogP contribution in [0.5, 0.6) is 11.5 Å². The molecule has 0 spiro atoms. The Balaban J connectivity index is 1.22. The van der Waals surface area contributed by atoms with E-state index in [0.717, 1.165) is 17.2 Å². The molecule has 0 saturated carbocycles. The summed E-state index contributed by atoms with van der Waals surface area (Å²) in [4.78, 5) is 26.3. The first kappa shape index (κ1) is 36.3. The van der Waals surface area contributed by atoms with Crippen molar-refractivity contribution in [1.82, 2.24) is 9.47 Å². The molecule has 3 aromatic carbocycles. The number of rotatable bonds is 13. The molecule has 1 unspecified atom stereocenters. The summed E-state index contributed by atoms with van der Waals surface area (Å²) in [5.74, 6) is -0.0511. The van der Waals surface area contributed by atoms with E-state index >= 15 is 0 Å². The van der Waals surface area contributed by atoms with Crippen molar-refractivity contribution in [1.29, 1.82) is 0 Å². The highest BCUT2D eigenvalue weighted by molar-refractivity contribution is 6.03. The van der Waals surface area contributed by atoms with E-state index in [1.165, 1.54) is 42.0 Å². The number of hydrogen-bond donors (Lipinski definition) is 1. The monoisotopic (exact) mass is 711 g/mol. The van der Waals surface area contributed by atoms with Gasteiger partial charge in [-0.25, -0.2) is 0 Å². The normalized spacial score (nSPS) is 19.7. The molecule has 0 bridgehead atoms. The lowest BCUT2D eigenvalue weighted by Gasteiger charge is -2.38. The highest BCUT2D eigenvalue weighted by Crippen LogP contribution is 2.45. The van der Waals surface area contributed by atoms with E-state index in [1.54, 1.807) is 42.5 Å². The highest BCUT2D eigenvalue weighted by atomic mass is 19.4. The van der Waals surface area contributed by atoms with E-state index in [2.05, 4.69) is 0 Å². The fraction of sp³-hybridized carbons (Fsp3) is 0.432. The molecule has 51 heavy (non-hydrogen) atoms. The van der Waals surface area contributed by atoms with Gasteiger partial charge in [-0.15, -0.1) is 0 Å². The number of ketones is 1. The van der Waals surface area contributed by atoms with Crippen molar-refractivity contribution in [3.05, 3.63) is 99.2 Å². The van der Waals surface area contributed by atoms with E-state index in [0.29, 0.717) is 24.3 Å². The Morgan fingerprint density at radius 1 is 1.00 bits per heavy atom. The number of aromatic nitrogens is 1.